The number of benzene rings is 1. The average molecular weight is 402 g/mol. The summed E-state index contributed by atoms with van der Waals surface area (Å²) in [5.74, 6) is 0.187. The minimum absolute atomic E-state index is 0.266. The van der Waals surface area contributed by atoms with E-state index in [-0.39, 0.29) is 11.6 Å². The van der Waals surface area contributed by atoms with E-state index in [1.54, 1.807) is 27.8 Å². The first-order valence-corrected chi connectivity index (χ1v) is 9.49. The first-order chi connectivity index (χ1) is 14.5. The topological polar surface area (TPSA) is 117 Å². The van der Waals surface area contributed by atoms with Crippen LogP contribution >= 0.6 is 0 Å². The van der Waals surface area contributed by atoms with E-state index in [9.17, 15) is 4.79 Å². The van der Waals surface area contributed by atoms with Crippen molar-refractivity contribution in [2.24, 2.45) is 0 Å². The van der Waals surface area contributed by atoms with Crippen molar-refractivity contribution in [3.8, 4) is 5.69 Å². The number of aromatic nitrogens is 6. The van der Waals surface area contributed by atoms with Crippen molar-refractivity contribution in [2.45, 2.75) is 26.9 Å². The second-order valence-electron chi connectivity index (χ2n) is 7.03. The summed E-state index contributed by atoms with van der Waals surface area (Å²) < 4.78 is 3.43. The first-order valence-electron chi connectivity index (χ1n) is 9.49. The van der Waals surface area contributed by atoms with E-state index in [1.807, 2.05) is 50.4 Å². The second kappa shape index (κ2) is 8.16. The summed E-state index contributed by atoms with van der Waals surface area (Å²) in [6.45, 7) is 4.69. The largest absolute Gasteiger partial charge is 0.384 e. The van der Waals surface area contributed by atoms with E-state index in [1.165, 1.54) is 0 Å². The van der Waals surface area contributed by atoms with Gasteiger partial charge in [0.25, 0.3) is 5.91 Å². The fourth-order valence-corrected chi connectivity index (χ4v) is 3.26. The average Bonchev–Trinajstić information content (AvgIpc) is 3.40. The van der Waals surface area contributed by atoms with Gasteiger partial charge in [-0.2, -0.15) is 5.10 Å². The van der Waals surface area contributed by atoms with Gasteiger partial charge < -0.3 is 11.1 Å². The van der Waals surface area contributed by atoms with Crippen LogP contribution in [0.5, 0.6) is 0 Å². The van der Waals surface area contributed by atoms with Gasteiger partial charge in [-0.25, -0.2) is 14.3 Å². The predicted octanol–water partition coefficient (Wildman–Crippen LogP) is 2.04. The third kappa shape index (κ3) is 4.19. The van der Waals surface area contributed by atoms with Crippen LogP contribution in [-0.4, -0.2) is 35.7 Å². The Hall–Kier alpha value is -4.01. The Morgan fingerprint density at radius 1 is 1.20 bits per heavy atom. The van der Waals surface area contributed by atoms with E-state index in [0.717, 1.165) is 28.1 Å². The van der Waals surface area contributed by atoms with Gasteiger partial charge in [0.15, 0.2) is 5.69 Å². The van der Waals surface area contributed by atoms with Gasteiger partial charge >= 0.3 is 0 Å². The van der Waals surface area contributed by atoms with Gasteiger partial charge in [-0.3, -0.25) is 4.79 Å². The SMILES string of the molecule is Cc1cc(N)nc(C)c1CNC(=O)c1cn(Cc2ccc(-n3cccn3)cc2)nn1. The zero-order valence-electron chi connectivity index (χ0n) is 16.8. The maximum atomic E-state index is 12.5. The first kappa shape index (κ1) is 19.3. The lowest BCUT2D eigenvalue weighted by atomic mass is 10.1. The third-order valence-electron chi connectivity index (χ3n) is 4.82. The maximum Gasteiger partial charge on any atom is 0.273 e. The number of nitrogens with two attached hydrogens (primary N) is 1. The highest BCUT2D eigenvalue weighted by Gasteiger charge is 2.13. The molecule has 0 fully saturated rings. The van der Waals surface area contributed by atoms with E-state index < -0.39 is 0 Å². The monoisotopic (exact) mass is 402 g/mol. The van der Waals surface area contributed by atoms with Crippen LogP contribution in [0.25, 0.3) is 5.69 Å². The van der Waals surface area contributed by atoms with Crippen LogP contribution in [-0.2, 0) is 13.1 Å². The molecule has 9 nitrogen and oxygen atoms in total. The molecule has 0 atom stereocenters. The minimum Gasteiger partial charge on any atom is -0.384 e. The lowest BCUT2D eigenvalue weighted by molar-refractivity contribution is 0.0945. The molecule has 0 bridgehead atoms. The molecule has 3 aromatic heterocycles. The molecule has 3 heterocycles. The zero-order valence-corrected chi connectivity index (χ0v) is 16.8. The van der Waals surface area contributed by atoms with E-state index in [2.05, 4.69) is 25.7 Å². The molecule has 152 valence electrons. The lowest BCUT2D eigenvalue weighted by Crippen LogP contribution is -2.24. The number of hydrogen-bond acceptors (Lipinski definition) is 6. The molecule has 0 saturated heterocycles. The Kier molecular flexibility index (Phi) is 5.25. The highest BCUT2D eigenvalue weighted by Crippen LogP contribution is 2.14. The van der Waals surface area contributed by atoms with Crippen molar-refractivity contribution < 1.29 is 4.79 Å². The number of amides is 1. The molecule has 9 heteroatoms. The number of hydrogen-bond donors (Lipinski definition) is 2. The van der Waals surface area contributed by atoms with Crippen molar-refractivity contribution in [3.05, 3.63) is 83.1 Å². The quantitative estimate of drug-likeness (QED) is 0.510. The summed E-state index contributed by atoms with van der Waals surface area (Å²) in [6, 6.07) is 11.6. The number of nitrogens with zero attached hydrogens (tertiary/aromatic N) is 6. The fraction of sp³-hybridized carbons (Fsp3) is 0.190. The maximum absolute atomic E-state index is 12.5. The van der Waals surface area contributed by atoms with Gasteiger partial charge in [0, 0.05) is 24.6 Å². The fourth-order valence-electron chi connectivity index (χ4n) is 3.26. The lowest BCUT2D eigenvalue weighted by Gasteiger charge is -2.10. The molecule has 1 amide bonds. The minimum atomic E-state index is -0.286. The Morgan fingerprint density at radius 3 is 2.70 bits per heavy atom. The summed E-state index contributed by atoms with van der Waals surface area (Å²) in [6.07, 6.45) is 5.26. The molecule has 1 aromatic carbocycles. The number of aryl methyl sites for hydroxylation is 2. The van der Waals surface area contributed by atoms with Crippen molar-refractivity contribution >= 4 is 11.7 Å². The Labute approximate surface area is 173 Å². The summed E-state index contributed by atoms with van der Waals surface area (Å²) >= 11 is 0. The number of nitrogens with one attached hydrogen (secondary N) is 1. The molecule has 0 radical (unpaired) electrons. The highest BCUT2D eigenvalue weighted by atomic mass is 16.2. The summed E-state index contributed by atoms with van der Waals surface area (Å²) in [4.78, 5) is 16.7. The normalized spacial score (nSPS) is 10.9. The van der Waals surface area contributed by atoms with Gasteiger partial charge in [0.2, 0.25) is 0 Å². The molecule has 4 aromatic rings. The molecule has 4 rings (SSSR count). The number of pyridine rings is 1. The number of nitrogen functional groups attached to an aromatic ring is 1. The number of carbonyl (C=O) groups excluding carboxylic acids is 1. The van der Waals surface area contributed by atoms with Crippen LogP contribution in [0.15, 0.2) is 55.0 Å². The van der Waals surface area contributed by atoms with Gasteiger partial charge in [0.1, 0.15) is 5.82 Å². The van der Waals surface area contributed by atoms with E-state index >= 15 is 0 Å². The summed E-state index contributed by atoms with van der Waals surface area (Å²) in [5.41, 5.74) is 10.8. The highest BCUT2D eigenvalue weighted by molar-refractivity contribution is 5.91. The molecular weight excluding hydrogens is 380 g/mol. The van der Waals surface area contributed by atoms with Gasteiger partial charge in [-0.1, -0.05) is 17.3 Å². The van der Waals surface area contributed by atoms with Crippen molar-refractivity contribution in [2.75, 3.05) is 5.73 Å². The Balaban J connectivity index is 1.38. The van der Waals surface area contributed by atoms with Crippen LogP contribution in [0.4, 0.5) is 5.82 Å². The number of rotatable bonds is 6. The zero-order chi connectivity index (χ0) is 21.1. The van der Waals surface area contributed by atoms with Crippen LogP contribution < -0.4 is 11.1 Å². The second-order valence-corrected chi connectivity index (χ2v) is 7.03. The van der Waals surface area contributed by atoms with Gasteiger partial charge in [-0.05, 0) is 54.8 Å². The van der Waals surface area contributed by atoms with Crippen molar-refractivity contribution in [1.29, 1.82) is 0 Å². The van der Waals surface area contributed by atoms with Crippen molar-refractivity contribution in [1.82, 2.24) is 35.1 Å². The molecule has 0 aliphatic carbocycles. The van der Waals surface area contributed by atoms with Gasteiger partial charge in [0.05, 0.1) is 18.4 Å². The summed E-state index contributed by atoms with van der Waals surface area (Å²) in [7, 11) is 0. The Bertz CT molecular complexity index is 1140. The molecule has 30 heavy (non-hydrogen) atoms. The smallest absolute Gasteiger partial charge is 0.273 e. The van der Waals surface area contributed by atoms with Gasteiger partial charge in [-0.15, -0.1) is 5.10 Å². The standard InChI is InChI=1S/C21H22N8O/c1-14-10-20(22)25-15(2)18(14)11-23-21(30)19-13-28(27-26-19)12-16-4-6-17(7-5-16)29-9-3-8-24-29/h3-10,13H,11-12H2,1-2H3,(H2,22,25)(H,23,30). The molecule has 0 saturated carbocycles. The summed E-state index contributed by atoms with van der Waals surface area (Å²) in [5, 5.41) is 15.1. The molecule has 0 aliphatic rings. The third-order valence-corrected chi connectivity index (χ3v) is 4.82. The molecule has 0 aliphatic heterocycles. The molecular formula is C21H22N8O. The van der Waals surface area contributed by atoms with Crippen LogP contribution in [0.3, 0.4) is 0 Å². The molecule has 0 spiro atoms. The van der Waals surface area contributed by atoms with E-state index in [4.69, 9.17) is 5.73 Å². The van der Waals surface area contributed by atoms with Crippen molar-refractivity contribution in [3.63, 3.8) is 0 Å². The molecule has 3 N–H and O–H groups in total. The number of anilines is 1. The molecule has 0 unspecified atom stereocenters. The Morgan fingerprint density at radius 2 is 2.00 bits per heavy atom. The van der Waals surface area contributed by atoms with Crippen LogP contribution in [0, 0.1) is 13.8 Å². The predicted molar refractivity (Wildman–Crippen MR) is 112 cm³/mol. The van der Waals surface area contributed by atoms with Crippen LogP contribution in [0.1, 0.15) is 32.9 Å². The van der Waals surface area contributed by atoms with E-state index in [0.29, 0.717) is 18.9 Å². The number of carbonyl (C=O) groups is 1. The van der Waals surface area contributed by atoms with Crippen LogP contribution in [0.2, 0.25) is 0 Å².